The molecular weight excluding hydrogens is 216 g/mol. The molecule has 0 bridgehead atoms. The lowest BCUT2D eigenvalue weighted by Gasteiger charge is -2.30. The fraction of sp³-hybridized carbons (Fsp3) is 0.889. The highest BCUT2D eigenvalue weighted by molar-refractivity contribution is 5.12. The standard InChI is InChI=1S/C18H34/c1-6-8-14(3)12-17(9-7-2)18-11-10-15(4)16(5)13-18/h13-17H,6-12H2,1-5H3. The average molecular weight is 250 g/mol. The lowest BCUT2D eigenvalue weighted by molar-refractivity contribution is 0.342. The van der Waals surface area contributed by atoms with Gasteiger partial charge in [-0.2, -0.15) is 0 Å². The normalized spacial score (nSPS) is 27.7. The van der Waals surface area contributed by atoms with Gasteiger partial charge in [0.05, 0.1) is 0 Å². The second-order valence-corrected chi connectivity index (χ2v) is 6.73. The van der Waals surface area contributed by atoms with Crippen LogP contribution in [-0.4, -0.2) is 0 Å². The summed E-state index contributed by atoms with van der Waals surface area (Å²) >= 11 is 0. The van der Waals surface area contributed by atoms with Gasteiger partial charge in [-0.1, -0.05) is 65.5 Å². The van der Waals surface area contributed by atoms with E-state index in [4.69, 9.17) is 0 Å². The largest absolute Gasteiger partial charge is 0.0819 e. The Labute approximate surface area is 115 Å². The van der Waals surface area contributed by atoms with Gasteiger partial charge in [0.1, 0.15) is 0 Å². The molecule has 0 fully saturated rings. The van der Waals surface area contributed by atoms with Crippen LogP contribution in [0.1, 0.15) is 79.6 Å². The van der Waals surface area contributed by atoms with Crippen LogP contribution in [0.25, 0.3) is 0 Å². The van der Waals surface area contributed by atoms with Crippen LogP contribution in [-0.2, 0) is 0 Å². The molecule has 0 aliphatic heterocycles. The van der Waals surface area contributed by atoms with Crippen molar-refractivity contribution in [1.82, 2.24) is 0 Å². The summed E-state index contributed by atoms with van der Waals surface area (Å²) in [4.78, 5) is 0. The summed E-state index contributed by atoms with van der Waals surface area (Å²) in [5, 5.41) is 0. The van der Waals surface area contributed by atoms with Crippen LogP contribution in [0, 0.1) is 23.7 Å². The van der Waals surface area contributed by atoms with Crippen LogP contribution in [0.3, 0.4) is 0 Å². The first-order chi connectivity index (χ1) is 8.58. The minimum atomic E-state index is 0.801. The van der Waals surface area contributed by atoms with Gasteiger partial charge in [0, 0.05) is 0 Å². The minimum Gasteiger partial charge on any atom is -0.0819 e. The molecule has 106 valence electrons. The topological polar surface area (TPSA) is 0 Å². The van der Waals surface area contributed by atoms with E-state index >= 15 is 0 Å². The Morgan fingerprint density at radius 1 is 1.17 bits per heavy atom. The second-order valence-electron chi connectivity index (χ2n) is 6.73. The van der Waals surface area contributed by atoms with E-state index in [2.05, 4.69) is 40.7 Å². The van der Waals surface area contributed by atoms with Crippen molar-refractivity contribution in [3.05, 3.63) is 11.6 Å². The maximum absolute atomic E-state index is 2.62. The van der Waals surface area contributed by atoms with Crippen LogP contribution in [0.5, 0.6) is 0 Å². The fourth-order valence-corrected chi connectivity index (χ4v) is 3.48. The molecule has 0 amide bonds. The van der Waals surface area contributed by atoms with Crippen LogP contribution in [0.15, 0.2) is 11.6 Å². The number of hydrogen-bond acceptors (Lipinski definition) is 0. The Morgan fingerprint density at radius 2 is 1.83 bits per heavy atom. The highest BCUT2D eigenvalue weighted by atomic mass is 14.3. The molecule has 4 atom stereocenters. The van der Waals surface area contributed by atoms with Crippen molar-refractivity contribution in [2.75, 3.05) is 0 Å². The molecule has 0 heterocycles. The maximum Gasteiger partial charge on any atom is -0.0201 e. The molecule has 0 radical (unpaired) electrons. The van der Waals surface area contributed by atoms with E-state index in [0.717, 1.165) is 23.7 Å². The zero-order valence-corrected chi connectivity index (χ0v) is 13.3. The summed E-state index contributed by atoms with van der Waals surface area (Å²) in [7, 11) is 0. The molecule has 0 heteroatoms. The van der Waals surface area contributed by atoms with Gasteiger partial charge in [0.25, 0.3) is 0 Å². The Hall–Kier alpha value is -0.260. The minimum absolute atomic E-state index is 0.801. The van der Waals surface area contributed by atoms with Crippen LogP contribution < -0.4 is 0 Å². The fourth-order valence-electron chi connectivity index (χ4n) is 3.48. The molecule has 18 heavy (non-hydrogen) atoms. The predicted octanol–water partition coefficient (Wildman–Crippen LogP) is 6.22. The molecule has 0 saturated heterocycles. The molecule has 0 aromatic rings. The lowest BCUT2D eigenvalue weighted by atomic mass is 9.75. The Morgan fingerprint density at radius 3 is 2.39 bits per heavy atom. The summed E-state index contributed by atoms with van der Waals surface area (Å²) in [6, 6.07) is 0. The van der Waals surface area contributed by atoms with Crippen molar-refractivity contribution < 1.29 is 0 Å². The van der Waals surface area contributed by atoms with Gasteiger partial charge >= 0.3 is 0 Å². The molecule has 1 rings (SSSR count). The molecule has 0 nitrogen and oxygen atoms in total. The van der Waals surface area contributed by atoms with E-state index in [1.54, 1.807) is 5.57 Å². The summed E-state index contributed by atoms with van der Waals surface area (Å²) in [5.41, 5.74) is 1.80. The van der Waals surface area contributed by atoms with Crippen molar-refractivity contribution in [2.45, 2.75) is 79.6 Å². The zero-order valence-electron chi connectivity index (χ0n) is 13.3. The summed E-state index contributed by atoms with van der Waals surface area (Å²) in [6.07, 6.45) is 12.3. The molecule has 0 N–H and O–H groups in total. The van der Waals surface area contributed by atoms with Gasteiger partial charge in [-0.05, 0) is 49.4 Å². The summed E-state index contributed by atoms with van der Waals surface area (Å²) in [6.45, 7) is 11.9. The van der Waals surface area contributed by atoms with E-state index in [9.17, 15) is 0 Å². The van der Waals surface area contributed by atoms with Crippen molar-refractivity contribution in [3.8, 4) is 0 Å². The van der Waals surface area contributed by atoms with Crippen molar-refractivity contribution in [1.29, 1.82) is 0 Å². The first-order valence-electron chi connectivity index (χ1n) is 8.29. The highest BCUT2D eigenvalue weighted by Gasteiger charge is 2.23. The van der Waals surface area contributed by atoms with E-state index in [-0.39, 0.29) is 0 Å². The van der Waals surface area contributed by atoms with E-state index in [1.165, 1.54) is 44.9 Å². The van der Waals surface area contributed by atoms with E-state index in [1.807, 2.05) is 0 Å². The monoisotopic (exact) mass is 250 g/mol. The lowest BCUT2D eigenvalue weighted by Crippen LogP contribution is -2.18. The SMILES string of the molecule is CCCC(C)CC(CCC)C1=CC(C)C(C)CC1. The van der Waals surface area contributed by atoms with Gasteiger partial charge in [0.15, 0.2) is 0 Å². The molecule has 1 aliphatic rings. The van der Waals surface area contributed by atoms with Gasteiger partial charge in [-0.3, -0.25) is 0 Å². The van der Waals surface area contributed by atoms with Crippen molar-refractivity contribution >= 4 is 0 Å². The first-order valence-corrected chi connectivity index (χ1v) is 8.29. The van der Waals surface area contributed by atoms with Crippen LogP contribution in [0.4, 0.5) is 0 Å². The van der Waals surface area contributed by atoms with E-state index in [0.29, 0.717) is 0 Å². The first kappa shape index (κ1) is 15.8. The van der Waals surface area contributed by atoms with Gasteiger partial charge in [0.2, 0.25) is 0 Å². The predicted molar refractivity (Wildman–Crippen MR) is 82.7 cm³/mol. The third kappa shape index (κ3) is 4.78. The Kier molecular flexibility index (Phi) is 7.04. The Bertz CT molecular complexity index is 251. The molecule has 0 saturated carbocycles. The molecule has 0 spiro atoms. The zero-order chi connectivity index (χ0) is 13.5. The maximum atomic E-state index is 2.62. The molecule has 0 aromatic carbocycles. The van der Waals surface area contributed by atoms with Gasteiger partial charge < -0.3 is 0 Å². The third-order valence-electron chi connectivity index (χ3n) is 4.89. The third-order valence-corrected chi connectivity index (χ3v) is 4.89. The highest BCUT2D eigenvalue weighted by Crippen LogP contribution is 2.36. The van der Waals surface area contributed by atoms with Crippen LogP contribution >= 0.6 is 0 Å². The van der Waals surface area contributed by atoms with Gasteiger partial charge in [-0.25, -0.2) is 0 Å². The average Bonchev–Trinajstić information content (AvgIpc) is 2.32. The molecular formula is C18H34. The molecule has 1 aliphatic carbocycles. The quantitative estimate of drug-likeness (QED) is 0.470. The number of hydrogen-bond donors (Lipinski definition) is 0. The van der Waals surface area contributed by atoms with Crippen molar-refractivity contribution in [2.24, 2.45) is 23.7 Å². The van der Waals surface area contributed by atoms with Gasteiger partial charge in [-0.15, -0.1) is 0 Å². The van der Waals surface area contributed by atoms with E-state index < -0.39 is 0 Å². The van der Waals surface area contributed by atoms with Crippen molar-refractivity contribution in [3.63, 3.8) is 0 Å². The number of rotatable bonds is 7. The molecule has 0 aromatic heterocycles. The summed E-state index contributed by atoms with van der Waals surface area (Å²) in [5.74, 6) is 3.48. The summed E-state index contributed by atoms with van der Waals surface area (Å²) < 4.78 is 0. The smallest absolute Gasteiger partial charge is 0.0201 e. The Balaban J connectivity index is 2.63. The molecule has 4 unspecified atom stereocenters. The van der Waals surface area contributed by atoms with Crippen LogP contribution in [0.2, 0.25) is 0 Å². The number of allylic oxidation sites excluding steroid dienone is 2. The second kappa shape index (κ2) is 8.02.